The van der Waals surface area contributed by atoms with Crippen molar-refractivity contribution in [3.8, 4) is 0 Å². The van der Waals surface area contributed by atoms with Crippen LogP contribution in [0.3, 0.4) is 0 Å². The number of piperidine rings is 1. The normalized spacial score (nSPS) is 19.6. The van der Waals surface area contributed by atoms with Gasteiger partial charge in [-0.05, 0) is 38.7 Å². The molecule has 22 heavy (non-hydrogen) atoms. The summed E-state index contributed by atoms with van der Waals surface area (Å²) in [5.41, 5.74) is 0.415. The molecule has 0 aliphatic carbocycles. The molecule has 1 heterocycles. The fourth-order valence-electron chi connectivity index (χ4n) is 3.02. The first-order valence-corrected chi connectivity index (χ1v) is 8.20. The first kappa shape index (κ1) is 17.0. The predicted octanol–water partition coefficient (Wildman–Crippen LogP) is 2.26. The molecule has 1 aliphatic rings. The van der Waals surface area contributed by atoms with E-state index in [9.17, 15) is 9.90 Å². The molecule has 1 aliphatic heterocycles. The summed E-state index contributed by atoms with van der Waals surface area (Å²) in [6.45, 7) is 6.58. The van der Waals surface area contributed by atoms with Crippen molar-refractivity contribution >= 4 is 5.97 Å². The van der Waals surface area contributed by atoms with Crippen molar-refractivity contribution in [2.75, 3.05) is 26.2 Å². The number of benzene rings is 1. The molecule has 1 aromatic rings. The van der Waals surface area contributed by atoms with Crippen LogP contribution in [0.15, 0.2) is 30.3 Å². The third-order valence-corrected chi connectivity index (χ3v) is 4.73. The Labute approximate surface area is 133 Å². The zero-order chi connectivity index (χ0) is 16.0. The van der Waals surface area contributed by atoms with Crippen LogP contribution >= 0.6 is 0 Å². The zero-order valence-electron chi connectivity index (χ0n) is 13.6. The maximum Gasteiger partial charge on any atom is 0.311 e. The average molecular weight is 305 g/mol. The average Bonchev–Trinajstić information content (AvgIpc) is 2.55. The topological polar surface area (TPSA) is 49.8 Å². The van der Waals surface area contributed by atoms with Gasteiger partial charge in [0.2, 0.25) is 0 Å². The van der Waals surface area contributed by atoms with Crippen LogP contribution < -0.4 is 0 Å². The molecule has 4 nitrogen and oxygen atoms in total. The summed E-state index contributed by atoms with van der Waals surface area (Å²) >= 11 is 0. The number of rotatable bonds is 6. The molecule has 0 radical (unpaired) electrons. The van der Waals surface area contributed by atoms with Crippen LogP contribution in [0.25, 0.3) is 0 Å². The molecular weight excluding hydrogens is 278 g/mol. The number of likely N-dealkylation sites (tertiary alicyclic amines) is 1. The van der Waals surface area contributed by atoms with Crippen LogP contribution in [0.5, 0.6) is 0 Å². The van der Waals surface area contributed by atoms with E-state index in [1.807, 2.05) is 6.07 Å². The summed E-state index contributed by atoms with van der Waals surface area (Å²) < 4.78 is 5.04. The highest BCUT2D eigenvalue weighted by Crippen LogP contribution is 2.30. The molecule has 2 rings (SSSR count). The number of hydrogen-bond acceptors (Lipinski definition) is 4. The van der Waals surface area contributed by atoms with E-state index in [-0.39, 0.29) is 5.97 Å². The highest BCUT2D eigenvalue weighted by Gasteiger charge is 2.41. The second-order valence-electron chi connectivity index (χ2n) is 6.15. The Morgan fingerprint density at radius 3 is 2.55 bits per heavy atom. The lowest BCUT2D eigenvalue weighted by Crippen LogP contribution is -2.50. The lowest BCUT2D eigenvalue weighted by Gasteiger charge is -2.40. The van der Waals surface area contributed by atoms with Gasteiger partial charge in [-0.3, -0.25) is 4.79 Å². The predicted molar refractivity (Wildman–Crippen MR) is 86.6 cm³/mol. The largest absolute Gasteiger partial charge is 0.466 e. The second-order valence-corrected chi connectivity index (χ2v) is 6.15. The van der Waals surface area contributed by atoms with Crippen LogP contribution in [-0.4, -0.2) is 47.8 Å². The molecule has 1 aromatic carbocycles. The third-order valence-electron chi connectivity index (χ3n) is 4.73. The lowest BCUT2D eigenvalue weighted by atomic mass is 9.80. The minimum atomic E-state index is -0.921. The monoisotopic (exact) mass is 305 g/mol. The summed E-state index contributed by atoms with van der Waals surface area (Å²) in [6, 6.07) is 10.4. The van der Waals surface area contributed by atoms with E-state index in [1.165, 1.54) is 5.56 Å². The molecule has 1 fully saturated rings. The lowest BCUT2D eigenvalue weighted by molar-refractivity contribution is -0.160. The summed E-state index contributed by atoms with van der Waals surface area (Å²) in [7, 11) is 0. The van der Waals surface area contributed by atoms with Crippen LogP contribution in [0.2, 0.25) is 0 Å². The molecule has 0 aromatic heterocycles. The van der Waals surface area contributed by atoms with Crippen LogP contribution in [-0.2, 0) is 16.0 Å². The van der Waals surface area contributed by atoms with E-state index in [2.05, 4.69) is 29.2 Å². The van der Waals surface area contributed by atoms with Crippen LogP contribution in [0, 0.1) is 5.92 Å². The first-order valence-electron chi connectivity index (χ1n) is 8.20. The van der Waals surface area contributed by atoms with Gasteiger partial charge in [0.15, 0.2) is 0 Å². The Hall–Kier alpha value is -1.39. The molecule has 4 heteroatoms. The zero-order valence-corrected chi connectivity index (χ0v) is 13.6. The van der Waals surface area contributed by atoms with Crippen molar-refractivity contribution in [1.82, 2.24) is 4.90 Å². The fraction of sp³-hybridized carbons (Fsp3) is 0.611. The summed E-state index contributed by atoms with van der Waals surface area (Å²) in [6.07, 6.45) is 2.27. The Morgan fingerprint density at radius 2 is 1.95 bits per heavy atom. The van der Waals surface area contributed by atoms with Crippen molar-refractivity contribution in [3.05, 3.63) is 35.9 Å². The standard InChI is InChI=1S/C18H27NO3/c1-3-22-17(20)15(2)18(21)10-13-19(14-11-18)12-9-16-7-5-4-6-8-16/h4-8,15,21H,3,9-14H2,1-2H3. The van der Waals surface area contributed by atoms with E-state index in [1.54, 1.807) is 13.8 Å². The summed E-state index contributed by atoms with van der Waals surface area (Å²) in [5, 5.41) is 10.7. The van der Waals surface area contributed by atoms with E-state index in [4.69, 9.17) is 4.74 Å². The number of nitrogens with zero attached hydrogens (tertiary/aromatic N) is 1. The molecule has 1 atom stereocenters. The van der Waals surface area contributed by atoms with Gasteiger partial charge in [-0.2, -0.15) is 0 Å². The summed E-state index contributed by atoms with van der Waals surface area (Å²) in [4.78, 5) is 14.2. The van der Waals surface area contributed by atoms with Gasteiger partial charge in [-0.25, -0.2) is 0 Å². The van der Waals surface area contributed by atoms with E-state index >= 15 is 0 Å². The van der Waals surface area contributed by atoms with Gasteiger partial charge < -0.3 is 14.7 Å². The molecule has 0 saturated carbocycles. The van der Waals surface area contributed by atoms with E-state index in [0.29, 0.717) is 19.4 Å². The van der Waals surface area contributed by atoms with Crippen molar-refractivity contribution in [2.45, 2.75) is 38.7 Å². The number of ether oxygens (including phenoxy) is 1. The highest BCUT2D eigenvalue weighted by atomic mass is 16.5. The smallest absolute Gasteiger partial charge is 0.311 e. The molecule has 1 unspecified atom stereocenters. The second kappa shape index (κ2) is 7.75. The van der Waals surface area contributed by atoms with Gasteiger partial charge in [-0.15, -0.1) is 0 Å². The first-order chi connectivity index (χ1) is 10.5. The van der Waals surface area contributed by atoms with Gasteiger partial charge in [0.1, 0.15) is 0 Å². The highest BCUT2D eigenvalue weighted by molar-refractivity contribution is 5.73. The Morgan fingerprint density at radius 1 is 1.32 bits per heavy atom. The number of esters is 1. The molecular formula is C18H27NO3. The minimum Gasteiger partial charge on any atom is -0.466 e. The molecule has 0 amide bonds. The van der Waals surface area contributed by atoms with Gasteiger partial charge >= 0.3 is 5.97 Å². The van der Waals surface area contributed by atoms with Crippen molar-refractivity contribution in [3.63, 3.8) is 0 Å². The number of aliphatic hydroxyl groups is 1. The fourth-order valence-corrected chi connectivity index (χ4v) is 3.02. The molecule has 0 bridgehead atoms. The minimum absolute atomic E-state index is 0.289. The molecule has 1 saturated heterocycles. The summed E-state index contributed by atoms with van der Waals surface area (Å²) in [5.74, 6) is -0.744. The van der Waals surface area contributed by atoms with E-state index < -0.39 is 11.5 Å². The van der Waals surface area contributed by atoms with Gasteiger partial charge in [0.05, 0.1) is 18.1 Å². The Balaban J connectivity index is 1.80. The van der Waals surface area contributed by atoms with Crippen LogP contribution in [0.4, 0.5) is 0 Å². The van der Waals surface area contributed by atoms with Gasteiger partial charge in [0, 0.05) is 19.6 Å². The van der Waals surface area contributed by atoms with E-state index in [0.717, 1.165) is 26.1 Å². The maximum atomic E-state index is 11.8. The molecule has 1 N–H and O–H groups in total. The van der Waals surface area contributed by atoms with Crippen molar-refractivity contribution in [1.29, 1.82) is 0 Å². The van der Waals surface area contributed by atoms with Crippen molar-refractivity contribution < 1.29 is 14.6 Å². The molecule has 122 valence electrons. The van der Waals surface area contributed by atoms with Crippen molar-refractivity contribution in [2.24, 2.45) is 5.92 Å². The number of hydrogen-bond donors (Lipinski definition) is 1. The van der Waals surface area contributed by atoms with Gasteiger partial charge in [0.25, 0.3) is 0 Å². The van der Waals surface area contributed by atoms with Gasteiger partial charge in [-0.1, -0.05) is 30.3 Å². The SMILES string of the molecule is CCOC(=O)C(C)C1(O)CCN(CCc2ccccc2)CC1. The third kappa shape index (κ3) is 4.31. The Kier molecular flexibility index (Phi) is 5.98. The quantitative estimate of drug-likeness (QED) is 0.819. The Bertz CT molecular complexity index is 466. The maximum absolute atomic E-state index is 11.8. The molecule has 0 spiro atoms. The van der Waals surface area contributed by atoms with Crippen LogP contribution in [0.1, 0.15) is 32.3 Å². The number of carbonyl (C=O) groups excluding carboxylic acids is 1. The number of carbonyl (C=O) groups is 1.